The normalized spacial score (nSPS) is 15.9. The molecule has 0 heterocycles. The number of nitrogens with one attached hydrogen (secondary N) is 1. The van der Waals surface area contributed by atoms with Gasteiger partial charge >= 0.3 is 0 Å². The molecular weight excluding hydrogens is 140 g/mol. The van der Waals surface area contributed by atoms with Crippen LogP contribution >= 0.6 is 0 Å². The van der Waals surface area contributed by atoms with Crippen LogP contribution in [0, 0.1) is 5.21 Å². The fourth-order valence-corrected chi connectivity index (χ4v) is 0.241. The third-order valence-electron chi connectivity index (χ3n) is 1.04. The Kier molecular flexibility index (Phi) is 3.12. The van der Waals surface area contributed by atoms with Crippen molar-refractivity contribution < 1.29 is 20.4 Å². The van der Waals surface area contributed by atoms with E-state index >= 15 is 0 Å². The summed E-state index contributed by atoms with van der Waals surface area (Å²) in [7, 11) is 0. The second-order valence-electron chi connectivity index (χ2n) is 2.21. The quantitative estimate of drug-likeness (QED) is 0.205. The third-order valence-corrected chi connectivity index (χ3v) is 1.04. The number of nitrogens with two attached hydrogens (primary N) is 2. The van der Waals surface area contributed by atoms with Crippen LogP contribution in [0.5, 0.6) is 0 Å². The van der Waals surface area contributed by atoms with Gasteiger partial charge in [-0.3, -0.25) is 0 Å². The van der Waals surface area contributed by atoms with Gasteiger partial charge in [-0.05, 0) is 19.2 Å². The van der Waals surface area contributed by atoms with Gasteiger partial charge in [0.25, 0.3) is 0 Å². The maximum Gasteiger partial charge on any atom is 0.158 e. The summed E-state index contributed by atoms with van der Waals surface area (Å²) in [5.74, 6) is 10.3. The molecule has 0 aliphatic heterocycles. The Balaban J connectivity index is 3.87. The molecule has 0 aliphatic rings. The second kappa shape index (κ2) is 3.21. The molecule has 6 N–H and O–H groups in total. The molecule has 0 amide bonds. The van der Waals surface area contributed by atoms with E-state index in [9.17, 15) is 5.21 Å². The monoisotopic (exact) mass is 153 g/mol. The molecule has 0 rings (SSSR count). The van der Waals surface area contributed by atoms with Crippen LogP contribution in [0.2, 0.25) is 0 Å². The molecule has 0 spiro atoms. The van der Waals surface area contributed by atoms with Crippen LogP contribution in [-0.4, -0.2) is 16.1 Å². The van der Waals surface area contributed by atoms with E-state index < -0.39 is 10.3 Å². The molecule has 0 aromatic rings. The summed E-state index contributed by atoms with van der Waals surface area (Å²) in [6.07, 6.45) is 0. The highest BCUT2D eigenvalue weighted by atomic mass is 17.2. The van der Waals surface area contributed by atoms with Gasteiger partial charge in [0.2, 0.25) is 0 Å². The number of quaternary nitrogens is 2. The highest BCUT2D eigenvalue weighted by Gasteiger charge is 2.29. The SMILES string of the molecule is CC(C)[N+](N)(N)O[NH+]([O-])O. The number of hydroxylamine groups is 1. The van der Waals surface area contributed by atoms with Crippen LogP contribution in [0.1, 0.15) is 13.8 Å². The molecule has 0 fully saturated rings. The summed E-state index contributed by atoms with van der Waals surface area (Å²) in [6, 6.07) is -0.309. The standard InChI is InChI=1S/C3H13N4O3/c1-3(2)7(4,5)10-6(8)9/h3,6,8H,4-5H2,1-2H3/q+1. The predicted octanol–water partition coefficient (Wildman–Crippen LogP) is -2.42. The van der Waals surface area contributed by atoms with E-state index in [-0.39, 0.29) is 6.04 Å². The van der Waals surface area contributed by atoms with Gasteiger partial charge < -0.3 is 5.21 Å². The van der Waals surface area contributed by atoms with Gasteiger partial charge in [0.05, 0.1) is 4.94 Å². The van der Waals surface area contributed by atoms with E-state index in [1.807, 2.05) is 0 Å². The molecule has 0 aromatic heterocycles. The summed E-state index contributed by atoms with van der Waals surface area (Å²) < 4.78 is 0. The van der Waals surface area contributed by atoms with Gasteiger partial charge in [-0.25, -0.2) is 0 Å². The maximum atomic E-state index is 9.92. The van der Waals surface area contributed by atoms with Gasteiger partial charge in [0.1, 0.15) is 0 Å². The van der Waals surface area contributed by atoms with Crippen molar-refractivity contribution in [3.63, 3.8) is 0 Å². The maximum absolute atomic E-state index is 9.92. The zero-order valence-corrected chi connectivity index (χ0v) is 5.94. The van der Waals surface area contributed by atoms with Crippen molar-refractivity contribution in [3.8, 4) is 0 Å². The average Bonchev–Trinajstić information content (AvgIpc) is 1.60. The average molecular weight is 153 g/mol. The third kappa shape index (κ3) is 3.03. The van der Waals surface area contributed by atoms with E-state index in [0.717, 1.165) is 0 Å². The summed E-state index contributed by atoms with van der Waals surface area (Å²) in [6.45, 7) is 3.28. The first-order valence-corrected chi connectivity index (χ1v) is 2.74. The van der Waals surface area contributed by atoms with Crippen LogP contribution < -0.4 is 17.1 Å². The second-order valence-corrected chi connectivity index (χ2v) is 2.21. The van der Waals surface area contributed by atoms with Crippen molar-refractivity contribution in [1.29, 1.82) is 0 Å². The van der Waals surface area contributed by atoms with Gasteiger partial charge in [-0.2, -0.15) is 5.21 Å². The fraction of sp³-hybridized carbons (Fsp3) is 1.00. The highest BCUT2D eigenvalue weighted by molar-refractivity contribution is 4.26. The van der Waals surface area contributed by atoms with E-state index in [4.69, 9.17) is 16.9 Å². The Morgan fingerprint density at radius 1 is 1.60 bits per heavy atom. The predicted molar refractivity (Wildman–Crippen MR) is 31.0 cm³/mol. The summed E-state index contributed by atoms with van der Waals surface area (Å²) in [5.41, 5.74) is 0. The lowest BCUT2D eigenvalue weighted by atomic mass is 10.4. The largest absolute Gasteiger partial charge is 0.561 e. The molecule has 62 valence electrons. The highest BCUT2D eigenvalue weighted by Crippen LogP contribution is 1.93. The van der Waals surface area contributed by atoms with Gasteiger partial charge in [-0.15, -0.1) is 11.7 Å². The Morgan fingerprint density at radius 3 is 2.10 bits per heavy atom. The lowest BCUT2D eigenvalue weighted by Gasteiger charge is -2.25. The van der Waals surface area contributed by atoms with E-state index in [1.165, 1.54) is 0 Å². The number of hydrogen-bond donors (Lipinski definition) is 4. The first-order valence-electron chi connectivity index (χ1n) is 2.74. The van der Waals surface area contributed by atoms with Crippen molar-refractivity contribution in [1.82, 2.24) is 0 Å². The number of hydrogen-bond acceptors (Lipinski definition) is 5. The summed E-state index contributed by atoms with van der Waals surface area (Å²) >= 11 is 0. The molecule has 0 aromatic carbocycles. The van der Waals surface area contributed by atoms with Crippen LogP contribution in [0.4, 0.5) is 0 Å². The molecule has 1 unspecified atom stereocenters. The smallest absolute Gasteiger partial charge is 0.158 e. The molecule has 0 saturated carbocycles. The zero-order valence-electron chi connectivity index (χ0n) is 5.94. The topological polar surface area (TPSA) is 109 Å². The molecule has 7 nitrogen and oxygen atoms in total. The summed E-state index contributed by atoms with van der Waals surface area (Å²) in [5, 5.41) is 16.5. The minimum absolute atomic E-state index is 0.309. The van der Waals surface area contributed by atoms with Gasteiger partial charge in [-0.1, -0.05) is 0 Å². The van der Waals surface area contributed by atoms with Crippen molar-refractivity contribution >= 4 is 0 Å². The molecule has 0 radical (unpaired) electrons. The Morgan fingerprint density at radius 2 is 2.00 bits per heavy atom. The Hall–Kier alpha value is -0.280. The molecule has 10 heavy (non-hydrogen) atoms. The minimum Gasteiger partial charge on any atom is -0.561 e. The van der Waals surface area contributed by atoms with Crippen LogP contribution in [-0.2, 0) is 4.94 Å². The van der Waals surface area contributed by atoms with E-state index in [2.05, 4.69) is 4.94 Å². The van der Waals surface area contributed by atoms with Crippen LogP contribution in [0.25, 0.3) is 0 Å². The fourth-order valence-electron chi connectivity index (χ4n) is 0.241. The first-order chi connectivity index (χ1) is 4.36. The van der Waals surface area contributed by atoms with Crippen molar-refractivity contribution in [2.24, 2.45) is 11.7 Å². The van der Waals surface area contributed by atoms with Crippen molar-refractivity contribution in [2.75, 3.05) is 0 Å². The minimum atomic E-state index is -1.49. The molecular formula is C3H13N4O3+. The van der Waals surface area contributed by atoms with Crippen LogP contribution in [0.15, 0.2) is 0 Å². The van der Waals surface area contributed by atoms with Crippen molar-refractivity contribution in [2.45, 2.75) is 19.9 Å². The van der Waals surface area contributed by atoms with Crippen molar-refractivity contribution in [3.05, 3.63) is 5.21 Å². The first kappa shape index (κ1) is 9.72. The van der Waals surface area contributed by atoms with E-state index in [1.54, 1.807) is 13.8 Å². The number of rotatable bonds is 3. The molecule has 0 aliphatic carbocycles. The Bertz CT molecular complexity index is 104. The molecule has 7 heteroatoms. The van der Waals surface area contributed by atoms with Crippen LogP contribution in [0.3, 0.4) is 0 Å². The lowest BCUT2D eigenvalue weighted by Crippen LogP contribution is -3.07. The van der Waals surface area contributed by atoms with Gasteiger partial charge in [0.15, 0.2) is 6.04 Å². The lowest BCUT2D eigenvalue weighted by molar-refractivity contribution is -1.41. The molecule has 1 atom stereocenters. The summed E-state index contributed by atoms with van der Waals surface area (Å²) in [4.78, 5) is 3.15. The van der Waals surface area contributed by atoms with E-state index in [0.29, 0.717) is 0 Å². The molecule has 0 bridgehead atoms. The van der Waals surface area contributed by atoms with Gasteiger partial charge in [0, 0.05) is 4.86 Å². The number of nitrogens with zero attached hydrogens (tertiary/aromatic N) is 1. The molecule has 0 saturated heterocycles. The Labute approximate surface area is 58.3 Å². The zero-order chi connectivity index (χ0) is 8.36.